The van der Waals surface area contributed by atoms with Crippen LogP contribution in [-0.2, 0) is 4.79 Å². The third-order valence-electron chi connectivity index (χ3n) is 1.73. The highest BCUT2D eigenvalue weighted by Crippen LogP contribution is 2.03. The van der Waals surface area contributed by atoms with Crippen molar-refractivity contribution in [2.24, 2.45) is 11.5 Å². The fraction of sp³-hybridized carbons (Fsp3) is 0.875. The molecule has 3 heteroatoms. The van der Waals surface area contributed by atoms with E-state index in [0.717, 1.165) is 19.3 Å². The molecular formula is C8H18N2O. The molecule has 0 aliphatic carbocycles. The van der Waals surface area contributed by atoms with Crippen molar-refractivity contribution in [3.63, 3.8) is 0 Å². The van der Waals surface area contributed by atoms with Gasteiger partial charge in [0.25, 0.3) is 0 Å². The van der Waals surface area contributed by atoms with Crippen molar-refractivity contribution in [1.82, 2.24) is 0 Å². The maximum Gasteiger partial charge on any atom is 0.234 e. The van der Waals surface area contributed by atoms with E-state index in [4.69, 9.17) is 11.5 Å². The number of carbonyl (C=O) groups is 1. The van der Waals surface area contributed by atoms with Gasteiger partial charge in [-0.05, 0) is 6.42 Å². The van der Waals surface area contributed by atoms with Gasteiger partial charge in [0.05, 0.1) is 6.04 Å². The molecule has 11 heavy (non-hydrogen) atoms. The van der Waals surface area contributed by atoms with Gasteiger partial charge in [-0.1, -0.05) is 32.6 Å². The van der Waals surface area contributed by atoms with Crippen LogP contribution in [0.3, 0.4) is 0 Å². The quantitative estimate of drug-likeness (QED) is 0.560. The summed E-state index contributed by atoms with van der Waals surface area (Å²) < 4.78 is 0. The second-order valence-corrected chi connectivity index (χ2v) is 2.86. The molecule has 0 rings (SSSR count). The standard InChI is InChI=1S/C8H18N2O/c1-2-3-4-5-6-7(9)8(10)11/h7H,2-6,9H2,1H3,(H2,10,11). The normalized spacial score (nSPS) is 12.9. The van der Waals surface area contributed by atoms with Crippen LogP contribution < -0.4 is 11.5 Å². The number of hydrogen-bond acceptors (Lipinski definition) is 2. The van der Waals surface area contributed by atoms with Gasteiger partial charge in [-0.3, -0.25) is 4.79 Å². The summed E-state index contributed by atoms with van der Waals surface area (Å²) in [5.74, 6) is -0.388. The van der Waals surface area contributed by atoms with Gasteiger partial charge in [-0.2, -0.15) is 0 Å². The fourth-order valence-corrected chi connectivity index (χ4v) is 0.933. The molecule has 0 spiro atoms. The molecule has 0 aromatic rings. The lowest BCUT2D eigenvalue weighted by Gasteiger charge is -2.05. The summed E-state index contributed by atoms with van der Waals surface area (Å²) in [6, 6.07) is -0.438. The van der Waals surface area contributed by atoms with Gasteiger partial charge in [0.2, 0.25) is 5.91 Å². The van der Waals surface area contributed by atoms with Gasteiger partial charge < -0.3 is 11.5 Å². The molecule has 0 aromatic heterocycles. The third kappa shape index (κ3) is 5.85. The predicted molar refractivity (Wildman–Crippen MR) is 45.9 cm³/mol. The van der Waals surface area contributed by atoms with E-state index in [9.17, 15) is 4.79 Å². The second-order valence-electron chi connectivity index (χ2n) is 2.86. The average Bonchev–Trinajstić information content (AvgIpc) is 1.97. The molecule has 0 heterocycles. The maximum atomic E-state index is 10.5. The van der Waals surface area contributed by atoms with Crippen molar-refractivity contribution in [2.75, 3.05) is 0 Å². The molecule has 0 saturated carbocycles. The number of rotatable bonds is 6. The van der Waals surface area contributed by atoms with Crippen LogP contribution in [0.1, 0.15) is 39.0 Å². The summed E-state index contributed by atoms with van der Waals surface area (Å²) >= 11 is 0. The number of carbonyl (C=O) groups excluding carboxylic acids is 1. The van der Waals surface area contributed by atoms with Gasteiger partial charge >= 0.3 is 0 Å². The summed E-state index contributed by atoms with van der Waals surface area (Å²) in [7, 11) is 0. The van der Waals surface area contributed by atoms with Crippen molar-refractivity contribution >= 4 is 5.91 Å². The molecule has 0 aromatic carbocycles. The first-order chi connectivity index (χ1) is 5.18. The molecular weight excluding hydrogens is 140 g/mol. The van der Waals surface area contributed by atoms with E-state index in [1.54, 1.807) is 0 Å². The molecule has 0 fully saturated rings. The summed E-state index contributed by atoms with van der Waals surface area (Å²) in [6.45, 7) is 2.15. The number of nitrogens with two attached hydrogens (primary N) is 2. The molecule has 0 aliphatic heterocycles. The Morgan fingerprint density at radius 3 is 2.45 bits per heavy atom. The Kier molecular flexibility index (Phi) is 5.84. The van der Waals surface area contributed by atoms with Crippen LogP contribution >= 0.6 is 0 Å². The zero-order chi connectivity index (χ0) is 8.69. The van der Waals surface area contributed by atoms with Crippen LogP contribution in [0, 0.1) is 0 Å². The van der Waals surface area contributed by atoms with Crippen LogP contribution in [0.4, 0.5) is 0 Å². The monoisotopic (exact) mass is 158 g/mol. The molecule has 0 radical (unpaired) electrons. The molecule has 0 bridgehead atoms. The van der Waals surface area contributed by atoms with Crippen molar-refractivity contribution in [1.29, 1.82) is 0 Å². The number of hydrogen-bond donors (Lipinski definition) is 2. The molecule has 0 saturated heterocycles. The van der Waals surface area contributed by atoms with Crippen LogP contribution in [0.15, 0.2) is 0 Å². The van der Waals surface area contributed by atoms with E-state index >= 15 is 0 Å². The minimum Gasteiger partial charge on any atom is -0.368 e. The lowest BCUT2D eigenvalue weighted by molar-refractivity contribution is -0.119. The van der Waals surface area contributed by atoms with Crippen molar-refractivity contribution < 1.29 is 4.79 Å². The SMILES string of the molecule is CCCCCCC(N)C(N)=O. The van der Waals surface area contributed by atoms with Crippen LogP contribution in [-0.4, -0.2) is 11.9 Å². The molecule has 1 unspecified atom stereocenters. The molecule has 0 aliphatic rings. The summed E-state index contributed by atoms with van der Waals surface area (Å²) in [5, 5.41) is 0. The first-order valence-corrected chi connectivity index (χ1v) is 4.23. The fourth-order valence-electron chi connectivity index (χ4n) is 0.933. The first kappa shape index (κ1) is 10.4. The summed E-state index contributed by atoms with van der Waals surface area (Å²) in [4.78, 5) is 10.5. The minimum absolute atomic E-state index is 0.388. The lowest BCUT2D eigenvalue weighted by atomic mass is 10.1. The summed E-state index contributed by atoms with van der Waals surface area (Å²) in [5.41, 5.74) is 10.4. The molecule has 3 nitrogen and oxygen atoms in total. The maximum absolute atomic E-state index is 10.5. The molecule has 4 N–H and O–H groups in total. The Balaban J connectivity index is 3.17. The zero-order valence-corrected chi connectivity index (χ0v) is 7.18. The van der Waals surface area contributed by atoms with Gasteiger partial charge in [0.15, 0.2) is 0 Å². The molecule has 66 valence electrons. The zero-order valence-electron chi connectivity index (χ0n) is 7.18. The number of unbranched alkanes of at least 4 members (excludes halogenated alkanes) is 3. The highest BCUT2D eigenvalue weighted by atomic mass is 16.1. The summed E-state index contributed by atoms with van der Waals surface area (Å²) in [6.07, 6.45) is 5.31. The molecule has 1 amide bonds. The van der Waals surface area contributed by atoms with Crippen molar-refractivity contribution in [2.45, 2.75) is 45.1 Å². The smallest absolute Gasteiger partial charge is 0.234 e. The Labute approximate surface area is 68.1 Å². The Morgan fingerprint density at radius 2 is 2.00 bits per heavy atom. The Morgan fingerprint density at radius 1 is 1.36 bits per heavy atom. The van der Waals surface area contributed by atoms with Crippen LogP contribution in [0.2, 0.25) is 0 Å². The third-order valence-corrected chi connectivity index (χ3v) is 1.73. The second kappa shape index (κ2) is 6.16. The minimum atomic E-state index is -0.438. The van der Waals surface area contributed by atoms with Crippen molar-refractivity contribution in [3.05, 3.63) is 0 Å². The number of amides is 1. The van der Waals surface area contributed by atoms with Crippen LogP contribution in [0.25, 0.3) is 0 Å². The average molecular weight is 158 g/mol. The Hall–Kier alpha value is -0.570. The van der Waals surface area contributed by atoms with Gasteiger partial charge in [-0.15, -0.1) is 0 Å². The van der Waals surface area contributed by atoms with E-state index in [-0.39, 0.29) is 5.91 Å². The van der Waals surface area contributed by atoms with E-state index in [1.165, 1.54) is 12.8 Å². The van der Waals surface area contributed by atoms with Gasteiger partial charge in [0, 0.05) is 0 Å². The first-order valence-electron chi connectivity index (χ1n) is 4.23. The molecule has 1 atom stereocenters. The van der Waals surface area contributed by atoms with E-state index < -0.39 is 6.04 Å². The van der Waals surface area contributed by atoms with E-state index in [1.807, 2.05) is 0 Å². The van der Waals surface area contributed by atoms with E-state index in [2.05, 4.69) is 6.92 Å². The lowest BCUT2D eigenvalue weighted by Crippen LogP contribution is -2.36. The largest absolute Gasteiger partial charge is 0.368 e. The van der Waals surface area contributed by atoms with Gasteiger partial charge in [-0.25, -0.2) is 0 Å². The van der Waals surface area contributed by atoms with Crippen LogP contribution in [0.5, 0.6) is 0 Å². The van der Waals surface area contributed by atoms with E-state index in [0.29, 0.717) is 0 Å². The highest BCUT2D eigenvalue weighted by molar-refractivity contribution is 5.79. The predicted octanol–water partition coefficient (Wildman–Crippen LogP) is 0.769. The van der Waals surface area contributed by atoms with Crippen molar-refractivity contribution in [3.8, 4) is 0 Å². The number of primary amides is 1. The van der Waals surface area contributed by atoms with Gasteiger partial charge in [0.1, 0.15) is 0 Å². The Bertz CT molecular complexity index is 115. The topological polar surface area (TPSA) is 69.1 Å². The highest BCUT2D eigenvalue weighted by Gasteiger charge is 2.06.